The van der Waals surface area contributed by atoms with Crippen LogP contribution in [0.4, 0.5) is 0 Å². The molecule has 3 saturated carbocycles. The van der Waals surface area contributed by atoms with Gasteiger partial charge in [-0.25, -0.2) is 4.79 Å². The molecule has 4 fully saturated rings. The van der Waals surface area contributed by atoms with Gasteiger partial charge in [0.25, 0.3) is 0 Å². The van der Waals surface area contributed by atoms with Crippen LogP contribution < -0.4 is 0 Å². The lowest BCUT2D eigenvalue weighted by Crippen LogP contribution is -2.38. The topological polar surface area (TPSA) is 38.8 Å². The second-order valence-electron chi connectivity index (χ2n) is 7.37. The van der Waals surface area contributed by atoms with Gasteiger partial charge in [-0.3, -0.25) is 0 Å². The summed E-state index contributed by atoms with van der Waals surface area (Å²) in [6.45, 7) is 4.36. The Morgan fingerprint density at radius 2 is 2.00 bits per heavy atom. The van der Waals surface area contributed by atoms with Gasteiger partial charge >= 0.3 is 5.97 Å². The molecule has 0 aromatic rings. The number of ether oxygens (including phenoxy) is 2. The molecular weight excluding hydrogens is 252 g/mol. The molecule has 5 rings (SSSR count). The second kappa shape index (κ2) is 3.06. The standard InChI is InChI=1S/C17H20O3/c1-8(2)13-12-7-11(15(18)19-3)14(13)17-10-5-4-9(6-10)16(12,17)20-17/h7,9-10,12,14H,4-6H2,1-3H3/t9-,10-,12+,14+,16-,17+/m1/s1. The van der Waals surface area contributed by atoms with Crippen molar-refractivity contribution in [2.45, 2.75) is 44.3 Å². The molecule has 20 heavy (non-hydrogen) atoms. The van der Waals surface area contributed by atoms with Crippen LogP contribution in [0.1, 0.15) is 33.1 Å². The Morgan fingerprint density at radius 3 is 2.65 bits per heavy atom. The zero-order chi connectivity index (χ0) is 13.9. The number of rotatable bonds is 1. The molecule has 1 saturated heterocycles. The van der Waals surface area contributed by atoms with E-state index in [2.05, 4.69) is 19.9 Å². The molecule has 106 valence electrons. The van der Waals surface area contributed by atoms with Crippen molar-refractivity contribution in [2.24, 2.45) is 23.7 Å². The number of hydrogen-bond donors (Lipinski definition) is 0. The van der Waals surface area contributed by atoms with Crippen molar-refractivity contribution in [1.29, 1.82) is 0 Å². The maximum atomic E-state index is 12.2. The SMILES string of the molecule is COC(=O)C1=C[C@H]2C(=C(C)C)[C@H]1[C@]13O[C@]21[C@@H]1CC[C@@H]3C1. The van der Waals surface area contributed by atoms with E-state index in [1.165, 1.54) is 37.5 Å². The number of carbonyl (C=O) groups is 1. The molecule has 0 N–H and O–H groups in total. The first-order valence-corrected chi connectivity index (χ1v) is 7.75. The third kappa shape index (κ3) is 0.851. The minimum atomic E-state index is -0.155. The molecule has 3 nitrogen and oxygen atoms in total. The van der Waals surface area contributed by atoms with Crippen molar-refractivity contribution in [3.05, 3.63) is 22.8 Å². The third-order valence-corrected chi connectivity index (χ3v) is 6.75. The molecule has 4 aliphatic carbocycles. The van der Waals surface area contributed by atoms with Crippen LogP contribution in [-0.2, 0) is 14.3 Å². The Morgan fingerprint density at radius 1 is 1.30 bits per heavy atom. The van der Waals surface area contributed by atoms with Crippen LogP contribution in [0.3, 0.4) is 0 Å². The highest BCUT2D eigenvalue weighted by Crippen LogP contribution is 2.85. The van der Waals surface area contributed by atoms with E-state index in [0.29, 0.717) is 17.8 Å². The van der Waals surface area contributed by atoms with Crippen LogP contribution in [0.25, 0.3) is 0 Å². The zero-order valence-corrected chi connectivity index (χ0v) is 12.2. The van der Waals surface area contributed by atoms with Gasteiger partial charge in [0.1, 0.15) is 11.2 Å². The van der Waals surface area contributed by atoms with E-state index < -0.39 is 0 Å². The van der Waals surface area contributed by atoms with Crippen molar-refractivity contribution in [2.75, 3.05) is 7.11 Å². The Kier molecular flexibility index (Phi) is 1.77. The summed E-state index contributed by atoms with van der Waals surface area (Å²) in [5.74, 6) is 1.73. The number of carbonyl (C=O) groups excluding carboxylic acids is 1. The quantitative estimate of drug-likeness (QED) is 0.418. The van der Waals surface area contributed by atoms with Gasteiger partial charge in [-0.2, -0.15) is 0 Å². The lowest BCUT2D eigenvalue weighted by Gasteiger charge is -2.27. The average Bonchev–Trinajstić information content (AvgIpc) is 2.81. The van der Waals surface area contributed by atoms with Crippen molar-refractivity contribution in [3.63, 3.8) is 0 Å². The van der Waals surface area contributed by atoms with Gasteiger partial charge in [0, 0.05) is 17.4 Å². The normalized spacial score (nSPS) is 52.8. The summed E-state index contributed by atoms with van der Waals surface area (Å²) in [7, 11) is 1.48. The van der Waals surface area contributed by atoms with Crippen molar-refractivity contribution >= 4 is 5.97 Å². The van der Waals surface area contributed by atoms with Crippen LogP contribution in [0.2, 0.25) is 0 Å². The molecular formula is C17H20O3. The fourth-order valence-corrected chi connectivity index (χ4v) is 6.33. The second-order valence-corrected chi connectivity index (χ2v) is 7.37. The molecule has 0 spiro atoms. The molecule has 5 aliphatic rings. The van der Waals surface area contributed by atoms with E-state index in [4.69, 9.17) is 9.47 Å². The monoisotopic (exact) mass is 272 g/mol. The predicted octanol–water partition coefficient (Wildman–Crippen LogP) is 2.62. The Labute approximate surface area is 119 Å². The Bertz CT molecular complexity index is 612. The van der Waals surface area contributed by atoms with E-state index in [-0.39, 0.29) is 23.1 Å². The molecule has 0 aromatic heterocycles. The number of methoxy groups -OCH3 is 1. The Balaban J connectivity index is 1.72. The summed E-state index contributed by atoms with van der Waals surface area (Å²) in [6, 6.07) is 0. The van der Waals surface area contributed by atoms with E-state index in [9.17, 15) is 4.79 Å². The molecule has 0 radical (unpaired) electrons. The zero-order valence-electron chi connectivity index (χ0n) is 12.2. The van der Waals surface area contributed by atoms with E-state index in [1.807, 2.05) is 0 Å². The third-order valence-electron chi connectivity index (χ3n) is 6.75. The average molecular weight is 272 g/mol. The molecule has 1 aliphatic heterocycles. The molecule has 6 atom stereocenters. The Hall–Kier alpha value is -1.09. The van der Waals surface area contributed by atoms with Crippen LogP contribution in [0.5, 0.6) is 0 Å². The summed E-state index contributed by atoms with van der Waals surface area (Å²) in [4.78, 5) is 12.2. The lowest BCUT2D eigenvalue weighted by molar-refractivity contribution is -0.136. The first kappa shape index (κ1) is 11.6. The van der Waals surface area contributed by atoms with E-state index in [1.54, 1.807) is 0 Å². The predicted molar refractivity (Wildman–Crippen MR) is 72.8 cm³/mol. The first-order chi connectivity index (χ1) is 9.58. The molecule has 1 heterocycles. The number of allylic oxidation sites excluding steroid dienone is 1. The number of hydrogen-bond acceptors (Lipinski definition) is 3. The number of esters is 1. The summed E-state index contributed by atoms with van der Waals surface area (Å²) >= 11 is 0. The maximum Gasteiger partial charge on any atom is 0.334 e. The maximum absolute atomic E-state index is 12.2. The summed E-state index contributed by atoms with van der Waals surface area (Å²) < 4.78 is 11.5. The number of fused-ring (bicyclic) bond motifs is 4. The van der Waals surface area contributed by atoms with E-state index in [0.717, 1.165) is 5.57 Å². The van der Waals surface area contributed by atoms with Crippen LogP contribution in [-0.4, -0.2) is 24.3 Å². The number of epoxide rings is 1. The van der Waals surface area contributed by atoms with Gasteiger partial charge in [-0.05, 0) is 44.9 Å². The van der Waals surface area contributed by atoms with Crippen molar-refractivity contribution in [1.82, 2.24) is 0 Å². The van der Waals surface area contributed by atoms with Crippen molar-refractivity contribution in [3.8, 4) is 0 Å². The van der Waals surface area contributed by atoms with Crippen molar-refractivity contribution < 1.29 is 14.3 Å². The summed E-state index contributed by atoms with van der Waals surface area (Å²) in [5.41, 5.74) is 3.73. The summed E-state index contributed by atoms with van der Waals surface area (Å²) in [6.07, 6.45) is 6.07. The highest BCUT2D eigenvalue weighted by Gasteiger charge is 2.92. The smallest absolute Gasteiger partial charge is 0.334 e. The largest absolute Gasteiger partial charge is 0.466 e. The van der Waals surface area contributed by atoms with Crippen LogP contribution in [0.15, 0.2) is 22.8 Å². The molecule has 4 bridgehead atoms. The highest BCUT2D eigenvalue weighted by atomic mass is 16.6. The minimum absolute atomic E-state index is 0.0362. The molecule has 0 aromatic carbocycles. The molecule has 3 heteroatoms. The van der Waals surface area contributed by atoms with Gasteiger partial charge in [-0.15, -0.1) is 0 Å². The highest BCUT2D eigenvalue weighted by molar-refractivity contribution is 5.93. The van der Waals surface area contributed by atoms with Gasteiger partial charge in [0.2, 0.25) is 0 Å². The van der Waals surface area contributed by atoms with Crippen LogP contribution in [0, 0.1) is 23.7 Å². The lowest BCUT2D eigenvalue weighted by atomic mass is 9.71. The van der Waals surface area contributed by atoms with E-state index >= 15 is 0 Å². The minimum Gasteiger partial charge on any atom is -0.466 e. The van der Waals surface area contributed by atoms with Crippen LogP contribution >= 0.6 is 0 Å². The van der Waals surface area contributed by atoms with Gasteiger partial charge in [0.05, 0.1) is 7.11 Å². The molecule has 0 unspecified atom stereocenters. The fraction of sp³-hybridized carbons (Fsp3) is 0.706. The van der Waals surface area contributed by atoms with Gasteiger partial charge in [-0.1, -0.05) is 17.2 Å². The van der Waals surface area contributed by atoms with Gasteiger partial charge in [0.15, 0.2) is 0 Å². The molecule has 0 amide bonds. The first-order valence-electron chi connectivity index (χ1n) is 7.75. The van der Waals surface area contributed by atoms with Gasteiger partial charge < -0.3 is 9.47 Å². The summed E-state index contributed by atoms with van der Waals surface area (Å²) in [5, 5.41) is 0. The fourth-order valence-electron chi connectivity index (χ4n) is 6.33.